The average molecular weight is 423 g/mol. The number of carbonyl (C=O) groups excluding carboxylic acids is 2. The Morgan fingerprint density at radius 3 is 2.47 bits per heavy atom. The number of hydrogen-bond donors (Lipinski definition) is 1. The standard InChI is InChI=1S/C23H26N4O2S/c1-16-14-17(2)27(25-16)20-7-5-19(6-8-20)24-23(29)18-9-11-26(12-10-18)22(28)15-21-4-3-13-30-21/h3-8,13-14,18H,9-12,15H2,1-2H3,(H,24,29). The fourth-order valence-electron chi connectivity index (χ4n) is 3.89. The number of thiophene rings is 1. The Labute approximate surface area is 180 Å². The van der Waals surface area contributed by atoms with Crippen molar-refractivity contribution in [3.05, 3.63) is 64.1 Å². The molecular formula is C23H26N4O2S. The predicted octanol–water partition coefficient (Wildman–Crippen LogP) is 3.97. The zero-order valence-electron chi connectivity index (χ0n) is 17.3. The number of aromatic nitrogens is 2. The van der Waals surface area contributed by atoms with Crippen LogP contribution >= 0.6 is 11.3 Å². The number of nitrogens with one attached hydrogen (secondary N) is 1. The third-order valence-electron chi connectivity index (χ3n) is 5.51. The summed E-state index contributed by atoms with van der Waals surface area (Å²) in [6.07, 6.45) is 1.86. The molecule has 0 saturated carbocycles. The van der Waals surface area contributed by atoms with Crippen LogP contribution in [0.15, 0.2) is 47.8 Å². The van der Waals surface area contributed by atoms with E-state index < -0.39 is 0 Å². The van der Waals surface area contributed by atoms with Gasteiger partial charge >= 0.3 is 0 Å². The van der Waals surface area contributed by atoms with Crippen molar-refractivity contribution in [1.29, 1.82) is 0 Å². The van der Waals surface area contributed by atoms with E-state index in [1.165, 1.54) is 0 Å². The minimum atomic E-state index is -0.0635. The maximum absolute atomic E-state index is 12.7. The molecule has 7 heteroatoms. The smallest absolute Gasteiger partial charge is 0.227 e. The van der Waals surface area contributed by atoms with Crippen LogP contribution in [0.4, 0.5) is 5.69 Å². The Hall–Kier alpha value is -2.93. The summed E-state index contributed by atoms with van der Waals surface area (Å²) in [6, 6.07) is 13.7. The van der Waals surface area contributed by atoms with Gasteiger partial charge in [0.2, 0.25) is 11.8 Å². The summed E-state index contributed by atoms with van der Waals surface area (Å²) in [5.74, 6) is 0.113. The number of aryl methyl sites for hydroxylation is 2. The molecule has 1 aliphatic rings. The first-order valence-electron chi connectivity index (χ1n) is 10.2. The summed E-state index contributed by atoms with van der Waals surface area (Å²) in [5.41, 5.74) is 3.80. The largest absolute Gasteiger partial charge is 0.342 e. The lowest BCUT2D eigenvalue weighted by Gasteiger charge is -2.31. The monoisotopic (exact) mass is 422 g/mol. The van der Waals surface area contributed by atoms with Crippen molar-refractivity contribution in [2.75, 3.05) is 18.4 Å². The number of carbonyl (C=O) groups is 2. The second-order valence-corrected chi connectivity index (χ2v) is 8.82. The topological polar surface area (TPSA) is 67.2 Å². The van der Waals surface area contributed by atoms with E-state index in [2.05, 4.69) is 10.4 Å². The third kappa shape index (κ3) is 4.62. The van der Waals surface area contributed by atoms with Gasteiger partial charge in [0.05, 0.1) is 17.8 Å². The van der Waals surface area contributed by atoms with Crippen LogP contribution in [0.1, 0.15) is 29.1 Å². The molecule has 30 heavy (non-hydrogen) atoms. The molecule has 4 rings (SSSR count). The van der Waals surface area contributed by atoms with Crippen LogP contribution in [-0.4, -0.2) is 39.6 Å². The normalized spacial score (nSPS) is 14.7. The Morgan fingerprint density at radius 2 is 1.87 bits per heavy atom. The van der Waals surface area contributed by atoms with E-state index in [0.29, 0.717) is 32.4 Å². The van der Waals surface area contributed by atoms with Gasteiger partial charge in [0.15, 0.2) is 0 Å². The van der Waals surface area contributed by atoms with Gasteiger partial charge < -0.3 is 10.2 Å². The highest BCUT2D eigenvalue weighted by molar-refractivity contribution is 7.10. The van der Waals surface area contributed by atoms with Gasteiger partial charge in [-0.05, 0) is 68.5 Å². The molecule has 2 amide bonds. The molecule has 156 valence electrons. The molecule has 0 spiro atoms. The van der Waals surface area contributed by atoms with Crippen LogP contribution in [-0.2, 0) is 16.0 Å². The number of nitrogens with zero attached hydrogens (tertiary/aromatic N) is 3. The number of piperidine rings is 1. The average Bonchev–Trinajstić information content (AvgIpc) is 3.37. The van der Waals surface area contributed by atoms with Gasteiger partial charge in [0.1, 0.15) is 0 Å². The first-order chi connectivity index (χ1) is 14.5. The lowest BCUT2D eigenvalue weighted by molar-refractivity contribution is -0.133. The number of amides is 2. The molecule has 0 bridgehead atoms. The Morgan fingerprint density at radius 1 is 1.13 bits per heavy atom. The van der Waals surface area contributed by atoms with E-state index in [0.717, 1.165) is 27.6 Å². The summed E-state index contributed by atoms with van der Waals surface area (Å²) in [4.78, 5) is 28.1. The number of rotatable bonds is 5. The van der Waals surface area contributed by atoms with E-state index >= 15 is 0 Å². The van der Waals surface area contributed by atoms with Gasteiger partial charge in [-0.25, -0.2) is 4.68 Å². The first kappa shape index (κ1) is 20.3. The van der Waals surface area contributed by atoms with Crippen LogP contribution in [0.5, 0.6) is 0 Å². The zero-order chi connectivity index (χ0) is 21.1. The van der Waals surface area contributed by atoms with Crippen LogP contribution in [0.2, 0.25) is 0 Å². The zero-order valence-corrected chi connectivity index (χ0v) is 18.1. The number of hydrogen-bond acceptors (Lipinski definition) is 4. The molecule has 3 heterocycles. The van der Waals surface area contributed by atoms with E-state index in [1.54, 1.807) is 11.3 Å². The highest BCUT2D eigenvalue weighted by Crippen LogP contribution is 2.22. The Kier molecular flexibility index (Phi) is 5.99. The summed E-state index contributed by atoms with van der Waals surface area (Å²) in [6.45, 7) is 5.27. The van der Waals surface area contributed by atoms with Gasteiger partial charge in [0, 0.05) is 35.3 Å². The summed E-state index contributed by atoms with van der Waals surface area (Å²) in [5, 5.41) is 9.50. The number of anilines is 1. The molecule has 1 fully saturated rings. The molecule has 6 nitrogen and oxygen atoms in total. The van der Waals surface area contributed by atoms with Crippen molar-refractivity contribution >= 4 is 28.8 Å². The minimum Gasteiger partial charge on any atom is -0.342 e. The van der Waals surface area contributed by atoms with Crippen molar-refractivity contribution in [2.45, 2.75) is 33.1 Å². The van der Waals surface area contributed by atoms with Crippen molar-refractivity contribution in [2.24, 2.45) is 5.92 Å². The van der Waals surface area contributed by atoms with Gasteiger partial charge in [-0.2, -0.15) is 5.10 Å². The molecule has 3 aromatic rings. The van der Waals surface area contributed by atoms with Crippen LogP contribution in [0.25, 0.3) is 5.69 Å². The molecule has 1 saturated heterocycles. The third-order valence-corrected chi connectivity index (χ3v) is 6.39. The van der Waals surface area contributed by atoms with E-state index in [4.69, 9.17) is 0 Å². The molecular weight excluding hydrogens is 396 g/mol. The Bertz CT molecular complexity index is 1020. The molecule has 0 unspecified atom stereocenters. The van der Waals surface area contributed by atoms with Gasteiger partial charge in [-0.1, -0.05) is 6.07 Å². The second-order valence-electron chi connectivity index (χ2n) is 7.79. The molecule has 0 radical (unpaired) electrons. The first-order valence-corrected chi connectivity index (χ1v) is 11.1. The maximum Gasteiger partial charge on any atom is 0.227 e. The van der Waals surface area contributed by atoms with Crippen molar-refractivity contribution in [3.63, 3.8) is 0 Å². The van der Waals surface area contributed by atoms with E-state index in [9.17, 15) is 9.59 Å². The van der Waals surface area contributed by atoms with E-state index in [-0.39, 0.29) is 17.7 Å². The molecule has 1 aromatic carbocycles. The molecule has 0 atom stereocenters. The number of benzene rings is 1. The van der Waals surface area contributed by atoms with Crippen LogP contribution in [0.3, 0.4) is 0 Å². The van der Waals surface area contributed by atoms with E-state index in [1.807, 2.05) is 71.3 Å². The minimum absolute atomic E-state index is 0.0271. The molecule has 1 N–H and O–H groups in total. The lowest BCUT2D eigenvalue weighted by atomic mass is 9.95. The van der Waals surface area contributed by atoms with Crippen LogP contribution < -0.4 is 5.32 Å². The highest BCUT2D eigenvalue weighted by Gasteiger charge is 2.27. The van der Waals surface area contributed by atoms with Crippen molar-refractivity contribution in [3.8, 4) is 5.69 Å². The fraction of sp³-hybridized carbons (Fsp3) is 0.348. The quantitative estimate of drug-likeness (QED) is 0.677. The summed E-state index contributed by atoms with van der Waals surface area (Å²) < 4.78 is 1.89. The lowest BCUT2D eigenvalue weighted by Crippen LogP contribution is -2.42. The molecule has 2 aromatic heterocycles. The summed E-state index contributed by atoms with van der Waals surface area (Å²) in [7, 11) is 0. The van der Waals surface area contributed by atoms with Crippen molar-refractivity contribution < 1.29 is 9.59 Å². The number of likely N-dealkylation sites (tertiary alicyclic amines) is 1. The summed E-state index contributed by atoms with van der Waals surface area (Å²) >= 11 is 1.61. The Balaban J connectivity index is 1.29. The second kappa shape index (κ2) is 8.83. The fourth-order valence-corrected chi connectivity index (χ4v) is 4.58. The maximum atomic E-state index is 12.7. The SMILES string of the molecule is Cc1cc(C)n(-c2ccc(NC(=O)C3CCN(C(=O)Cc4cccs4)CC3)cc2)n1. The van der Waals surface area contributed by atoms with Crippen LogP contribution in [0, 0.1) is 19.8 Å². The molecule has 0 aliphatic carbocycles. The van der Waals surface area contributed by atoms with Gasteiger partial charge in [-0.15, -0.1) is 11.3 Å². The predicted molar refractivity (Wildman–Crippen MR) is 119 cm³/mol. The van der Waals surface area contributed by atoms with Gasteiger partial charge in [-0.3, -0.25) is 9.59 Å². The molecule has 1 aliphatic heterocycles. The van der Waals surface area contributed by atoms with Crippen molar-refractivity contribution in [1.82, 2.24) is 14.7 Å². The highest BCUT2D eigenvalue weighted by atomic mass is 32.1. The van der Waals surface area contributed by atoms with Gasteiger partial charge in [0.25, 0.3) is 0 Å².